The van der Waals surface area contributed by atoms with Crippen molar-refractivity contribution in [1.29, 1.82) is 0 Å². The summed E-state index contributed by atoms with van der Waals surface area (Å²) in [6.07, 6.45) is -0.159. The molecule has 0 radical (unpaired) electrons. The van der Waals surface area contributed by atoms with Crippen molar-refractivity contribution in [3.05, 3.63) is 22.2 Å². The highest BCUT2D eigenvalue weighted by Gasteiger charge is 2.25. The number of carboxylic acids is 1. The fourth-order valence-electron chi connectivity index (χ4n) is 1.94. The van der Waals surface area contributed by atoms with Crippen molar-refractivity contribution in [3.8, 4) is 5.75 Å². The number of carbonyl (C=O) groups is 2. The summed E-state index contributed by atoms with van der Waals surface area (Å²) in [5.41, 5.74) is 0.331. The lowest BCUT2D eigenvalue weighted by atomic mass is 10.2. The number of nitro groups is 1. The van der Waals surface area contributed by atoms with Crippen LogP contribution < -0.4 is 15.0 Å². The minimum atomic E-state index is -1.00. The molecule has 1 aromatic rings. The predicted octanol–water partition coefficient (Wildman–Crippen LogP) is 0.837. The molecule has 0 aliphatic carbocycles. The van der Waals surface area contributed by atoms with E-state index in [0.29, 0.717) is 5.69 Å². The molecule has 1 amide bonds. The zero-order valence-electron chi connectivity index (χ0n) is 11.2. The van der Waals surface area contributed by atoms with Crippen LogP contribution >= 0.6 is 0 Å². The Labute approximate surface area is 119 Å². The molecule has 1 aromatic carbocycles. The molecule has 9 nitrogen and oxygen atoms in total. The average molecular weight is 295 g/mol. The number of ether oxygens (including phenoxy) is 1. The first-order chi connectivity index (χ1) is 9.88. The summed E-state index contributed by atoms with van der Waals surface area (Å²) < 4.78 is 5.13. The first-order valence-corrected chi connectivity index (χ1v) is 6.06. The summed E-state index contributed by atoms with van der Waals surface area (Å²) >= 11 is 0. The Morgan fingerprint density at radius 1 is 1.57 bits per heavy atom. The van der Waals surface area contributed by atoms with Gasteiger partial charge in [-0.2, -0.15) is 0 Å². The van der Waals surface area contributed by atoms with E-state index in [0.717, 1.165) is 0 Å². The van der Waals surface area contributed by atoms with E-state index in [2.05, 4.69) is 5.32 Å². The van der Waals surface area contributed by atoms with Crippen molar-refractivity contribution < 1.29 is 24.4 Å². The smallest absolute Gasteiger partial charge is 0.305 e. The predicted molar refractivity (Wildman–Crippen MR) is 72.7 cm³/mol. The van der Waals surface area contributed by atoms with Crippen molar-refractivity contribution in [2.24, 2.45) is 0 Å². The van der Waals surface area contributed by atoms with Crippen molar-refractivity contribution in [1.82, 2.24) is 0 Å². The lowest BCUT2D eigenvalue weighted by Crippen LogP contribution is -2.27. The van der Waals surface area contributed by atoms with Crippen molar-refractivity contribution in [2.75, 3.05) is 30.4 Å². The molecule has 1 aliphatic heterocycles. The molecule has 0 fully saturated rings. The van der Waals surface area contributed by atoms with Crippen LogP contribution in [0.5, 0.6) is 5.75 Å². The maximum atomic E-state index is 11.3. The molecule has 0 bridgehead atoms. The molecule has 0 aromatic heterocycles. The normalized spacial score (nSPS) is 12.9. The van der Waals surface area contributed by atoms with Gasteiger partial charge >= 0.3 is 5.97 Å². The lowest BCUT2D eigenvalue weighted by Gasteiger charge is -2.23. The summed E-state index contributed by atoms with van der Waals surface area (Å²) in [5, 5.41) is 22.4. The second-order valence-electron chi connectivity index (χ2n) is 4.50. The summed E-state index contributed by atoms with van der Waals surface area (Å²) in [6, 6.07) is 2.63. The molecule has 2 N–H and O–H groups in total. The van der Waals surface area contributed by atoms with Gasteiger partial charge in [-0.05, 0) is 6.07 Å². The number of aliphatic carboxylic acids is 1. The van der Waals surface area contributed by atoms with Gasteiger partial charge in [0.25, 0.3) is 11.6 Å². The maximum Gasteiger partial charge on any atom is 0.305 e. The number of nitrogens with one attached hydrogen (secondary N) is 1. The number of anilines is 2. The third-order valence-corrected chi connectivity index (χ3v) is 2.98. The number of rotatable bonds is 5. The maximum absolute atomic E-state index is 11.3. The van der Waals surface area contributed by atoms with Gasteiger partial charge in [-0.15, -0.1) is 0 Å². The molecule has 1 heterocycles. The molecule has 21 heavy (non-hydrogen) atoms. The Bertz CT molecular complexity index is 615. The van der Waals surface area contributed by atoms with Gasteiger partial charge in [0, 0.05) is 13.6 Å². The fourth-order valence-corrected chi connectivity index (χ4v) is 1.94. The molecule has 2 rings (SSSR count). The molecule has 0 unspecified atom stereocenters. The minimum Gasteiger partial charge on any atom is -0.481 e. The van der Waals surface area contributed by atoms with E-state index in [9.17, 15) is 19.7 Å². The van der Waals surface area contributed by atoms with Crippen molar-refractivity contribution >= 4 is 28.9 Å². The van der Waals surface area contributed by atoms with Crippen LogP contribution in [0.3, 0.4) is 0 Å². The Morgan fingerprint density at radius 2 is 2.29 bits per heavy atom. The van der Waals surface area contributed by atoms with Crippen molar-refractivity contribution in [3.63, 3.8) is 0 Å². The highest BCUT2D eigenvalue weighted by atomic mass is 16.6. The zero-order valence-corrected chi connectivity index (χ0v) is 11.2. The van der Waals surface area contributed by atoms with Crippen LogP contribution in [0.15, 0.2) is 12.1 Å². The van der Waals surface area contributed by atoms with E-state index in [4.69, 9.17) is 9.84 Å². The van der Waals surface area contributed by atoms with E-state index in [1.807, 2.05) is 0 Å². The number of fused-ring (bicyclic) bond motifs is 1. The van der Waals surface area contributed by atoms with Gasteiger partial charge in [0.1, 0.15) is 5.69 Å². The average Bonchev–Trinajstić information content (AvgIpc) is 2.42. The van der Waals surface area contributed by atoms with E-state index in [-0.39, 0.29) is 42.6 Å². The van der Waals surface area contributed by atoms with E-state index in [1.54, 1.807) is 7.05 Å². The SMILES string of the molecule is CN(CCC(=O)O)c1cc2c(cc1[N+](=O)[O-])OCC(=O)N2. The third kappa shape index (κ3) is 3.19. The van der Waals surface area contributed by atoms with Gasteiger partial charge in [-0.25, -0.2) is 0 Å². The van der Waals surface area contributed by atoms with Crippen LogP contribution in [0.4, 0.5) is 17.1 Å². The summed E-state index contributed by atoms with van der Waals surface area (Å²) in [4.78, 5) is 33.9. The minimum absolute atomic E-state index is 0.101. The van der Waals surface area contributed by atoms with Crippen LogP contribution in [-0.4, -0.2) is 42.1 Å². The van der Waals surface area contributed by atoms with Gasteiger partial charge < -0.3 is 20.1 Å². The lowest BCUT2D eigenvalue weighted by molar-refractivity contribution is -0.384. The monoisotopic (exact) mass is 295 g/mol. The Balaban J connectivity index is 2.38. The summed E-state index contributed by atoms with van der Waals surface area (Å²) in [6.45, 7) is -0.0951. The number of carboxylic acid groups (broad SMARTS) is 1. The highest BCUT2D eigenvalue weighted by molar-refractivity contribution is 5.96. The molecule has 0 atom stereocenters. The Hall–Kier alpha value is -2.84. The number of carbonyl (C=O) groups excluding carboxylic acids is 1. The molecule has 9 heteroatoms. The first kappa shape index (κ1) is 14.6. The standard InChI is InChI=1S/C12H13N3O6/c1-14(3-2-12(17)18)8-4-7-10(5-9(8)15(19)20)21-6-11(16)13-7/h4-5H,2-3,6H2,1H3,(H,13,16)(H,17,18). The van der Waals surface area contributed by atoms with Crippen LogP contribution in [0.25, 0.3) is 0 Å². The van der Waals surface area contributed by atoms with E-state index < -0.39 is 10.9 Å². The molecule has 112 valence electrons. The molecule has 0 spiro atoms. The highest BCUT2D eigenvalue weighted by Crippen LogP contribution is 2.39. The third-order valence-electron chi connectivity index (χ3n) is 2.98. The molecule has 0 saturated heterocycles. The van der Waals surface area contributed by atoms with Gasteiger partial charge in [-0.3, -0.25) is 19.7 Å². The van der Waals surface area contributed by atoms with E-state index >= 15 is 0 Å². The zero-order chi connectivity index (χ0) is 15.6. The van der Waals surface area contributed by atoms with Crippen LogP contribution in [0.1, 0.15) is 6.42 Å². The van der Waals surface area contributed by atoms with Gasteiger partial charge in [0.15, 0.2) is 12.4 Å². The topological polar surface area (TPSA) is 122 Å². The second kappa shape index (κ2) is 5.65. The quantitative estimate of drug-likeness (QED) is 0.609. The summed E-state index contributed by atoms with van der Waals surface area (Å²) in [5.74, 6) is -1.13. The number of benzene rings is 1. The van der Waals surface area contributed by atoms with Gasteiger partial charge in [0.05, 0.1) is 23.1 Å². The van der Waals surface area contributed by atoms with E-state index in [1.165, 1.54) is 17.0 Å². The second-order valence-corrected chi connectivity index (χ2v) is 4.50. The number of hydrogen-bond acceptors (Lipinski definition) is 6. The van der Waals surface area contributed by atoms with Gasteiger partial charge in [-0.1, -0.05) is 0 Å². The Morgan fingerprint density at radius 3 is 2.90 bits per heavy atom. The van der Waals surface area contributed by atoms with Crippen LogP contribution in [0, 0.1) is 10.1 Å². The fraction of sp³-hybridized carbons (Fsp3) is 0.333. The number of nitrogens with zero attached hydrogens (tertiary/aromatic N) is 2. The first-order valence-electron chi connectivity index (χ1n) is 6.06. The Kier molecular flexibility index (Phi) is 3.92. The van der Waals surface area contributed by atoms with Gasteiger partial charge in [0.2, 0.25) is 0 Å². The molecular formula is C12H13N3O6. The molecule has 0 saturated carbocycles. The largest absolute Gasteiger partial charge is 0.481 e. The number of nitro benzene ring substituents is 1. The van der Waals surface area contributed by atoms with Crippen molar-refractivity contribution in [2.45, 2.75) is 6.42 Å². The molecular weight excluding hydrogens is 282 g/mol. The summed E-state index contributed by atoms with van der Waals surface area (Å²) in [7, 11) is 1.54. The molecule has 1 aliphatic rings. The van der Waals surface area contributed by atoms with Crippen LogP contribution in [-0.2, 0) is 9.59 Å². The van der Waals surface area contributed by atoms with Crippen LogP contribution in [0.2, 0.25) is 0 Å². The number of amides is 1. The number of hydrogen-bond donors (Lipinski definition) is 2.